The maximum atomic E-state index is 14.9. The molecule has 4 rings (SSSR count). The van der Waals surface area contributed by atoms with E-state index in [0.29, 0.717) is 49.8 Å². The molecule has 1 fully saturated rings. The molecule has 0 spiro atoms. The minimum absolute atomic E-state index is 0.00866. The summed E-state index contributed by atoms with van der Waals surface area (Å²) >= 11 is 0. The molecule has 0 aliphatic carbocycles. The van der Waals surface area contributed by atoms with E-state index in [9.17, 15) is 67.7 Å². The van der Waals surface area contributed by atoms with Crippen LogP contribution >= 0.6 is 0 Å². The van der Waals surface area contributed by atoms with E-state index in [0.717, 1.165) is 16.7 Å². The van der Waals surface area contributed by atoms with Crippen LogP contribution in [0.1, 0.15) is 145 Å². The number of benzene rings is 3. The first-order chi connectivity index (χ1) is 52.2. The van der Waals surface area contributed by atoms with Crippen LogP contribution in [0.15, 0.2) is 81.7 Å². The SMILES string of the molecule is CC[C@H](C)[C@H](NC(=O)[C@H](CCCN=C(N)N)NC(=O)[C@H](CCCN=C(N)N)NC(=O)[C@H](CC(C)C)NC(=O)[C@H](Cc1ccccc1)NC(=O)CNC(=O)CNC(=O)[C@H](Cc1ccc(O)cc1)NC(=O)CCc1c(C)cc(O)cc1C)C(=O)N[C@@H](CCCN=C(N)N)C(=O)N1CCC[C@H]1C(=O)N[C@@H](CCCCN)C(N)=O. The molecule has 12 amide bonds. The molecule has 1 heterocycles. The van der Waals surface area contributed by atoms with Crippen molar-refractivity contribution < 1.29 is 67.7 Å². The minimum Gasteiger partial charge on any atom is -0.508 e. The summed E-state index contributed by atoms with van der Waals surface area (Å²) in [7, 11) is 0. The second kappa shape index (κ2) is 47.5. The lowest BCUT2D eigenvalue weighted by atomic mass is 9.96. The Morgan fingerprint density at radius 3 is 1.53 bits per heavy atom. The predicted molar refractivity (Wildman–Crippen MR) is 415 cm³/mol. The first kappa shape index (κ1) is 91.1. The topological polar surface area (TPSA) is 614 Å². The molecule has 606 valence electrons. The van der Waals surface area contributed by atoms with Crippen LogP contribution in [0.4, 0.5) is 0 Å². The van der Waals surface area contributed by atoms with Crippen molar-refractivity contribution in [3.63, 3.8) is 0 Å². The average molecular weight is 1540 g/mol. The van der Waals surface area contributed by atoms with Gasteiger partial charge in [0.05, 0.1) is 13.1 Å². The van der Waals surface area contributed by atoms with E-state index in [-0.39, 0.29) is 139 Å². The molecule has 3 aromatic rings. The van der Waals surface area contributed by atoms with Crippen LogP contribution in [0.5, 0.6) is 11.5 Å². The van der Waals surface area contributed by atoms with Crippen LogP contribution in [-0.2, 0) is 76.8 Å². The van der Waals surface area contributed by atoms with Gasteiger partial charge in [-0.1, -0.05) is 76.6 Å². The van der Waals surface area contributed by atoms with Crippen molar-refractivity contribution >= 4 is 88.8 Å². The summed E-state index contributed by atoms with van der Waals surface area (Å²) in [4.78, 5) is 182. The molecule has 0 radical (unpaired) electrons. The van der Waals surface area contributed by atoms with Gasteiger partial charge in [-0.05, 0) is 168 Å². The normalized spacial score (nSPS) is 14.8. The number of phenolic OH excluding ortho intramolecular Hbond substituents is 2. The van der Waals surface area contributed by atoms with Gasteiger partial charge in [0.2, 0.25) is 70.9 Å². The van der Waals surface area contributed by atoms with Gasteiger partial charge in [0.25, 0.3) is 0 Å². The molecular weight excluding hydrogens is 1420 g/mol. The maximum Gasteiger partial charge on any atom is 0.245 e. The number of guanidine groups is 3. The number of rotatable bonds is 48. The number of likely N-dealkylation sites (tertiary alicyclic amines) is 1. The summed E-state index contributed by atoms with van der Waals surface area (Å²) < 4.78 is 0. The number of carbonyl (C=O) groups excluding carboxylic acids is 12. The van der Waals surface area contributed by atoms with Crippen molar-refractivity contribution in [2.75, 3.05) is 45.8 Å². The van der Waals surface area contributed by atoms with E-state index in [4.69, 9.17) is 45.9 Å². The number of aromatic hydroxyl groups is 2. The Morgan fingerprint density at radius 2 is 0.991 bits per heavy atom. The molecule has 1 aliphatic rings. The molecular formula is C74H116N22O14. The molecule has 36 heteroatoms. The molecule has 10 atom stereocenters. The second-order valence-corrected chi connectivity index (χ2v) is 27.9. The molecule has 0 aromatic heterocycles. The van der Waals surface area contributed by atoms with Crippen molar-refractivity contribution in [1.82, 2.24) is 58.1 Å². The zero-order valence-electron chi connectivity index (χ0n) is 63.9. The van der Waals surface area contributed by atoms with E-state index in [2.05, 4.69) is 68.1 Å². The van der Waals surface area contributed by atoms with Crippen LogP contribution in [-0.4, -0.2) is 204 Å². The number of amides is 12. The second-order valence-electron chi connectivity index (χ2n) is 27.9. The molecule has 1 aliphatic heterocycles. The Bertz CT molecular complexity index is 3640. The summed E-state index contributed by atoms with van der Waals surface area (Å²) in [6.45, 7) is 9.82. The zero-order chi connectivity index (χ0) is 81.6. The number of phenols is 2. The van der Waals surface area contributed by atoms with Crippen LogP contribution in [0.2, 0.25) is 0 Å². The Hall–Kier alpha value is -11.3. The van der Waals surface area contributed by atoms with E-state index in [1.165, 1.54) is 17.0 Å². The number of unbranched alkanes of at least 4 members (excludes halogenated alkanes) is 1. The lowest BCUT2D eigenvalue weighted by molar-refractivity contribution is -0.142. The van der Waals surface area contributed by atoms with E-state index >= 15 is 0 Å². The molecule has 110 heavy (non-hydrogen) atoms. The van der Waals surface area contributed by atoms with Crippen LogP contribution in [0, 0.1) is 25.7 Å². The molecule has 0 unspecified atom stereocenters. The van der Waals surface area contributed by atoms with Gasteiger partial charge in [-0.3, -0.25) is 72.5 Å². The highest BCUT2D eigenvalue weighted by molar-refractivity contribution is 5.99. The fraction of sp³-hybridized carbons (Fsp3) is 0.554. The van der Waals surface area contributed by atoms with Gasteiger partial charge in [-0.15, -0.1) is 0 Å². The standard InChI is InChI=1S/C74H116N22O14/c1-7-43(4)62(70(109)93-54(22-15-33-85-74(81)82)71(110)96-34-16-23-58(96)69(108)90-51(63(76)102)19-11-12-30-75)95-66(105)53(21-14-32-84-73(79)80)91-65(104)52(20-13-31-83-72(77)78)92-67(106)55(35-42(2)3)94-68(107)57(38-46-17-9-8-10-18-46)89-61(101)41-86-60(100)40-87-64(103)56(39-47-24-26-48(97)27-25-47)88-59(99)29-28-50-44(5)36-49(98)37-45(50)6/h8-10,17-18,24-27,36-37,42-43,51-58,62,97-98H,7,11-16,19-23,28-35,38-41,75H2,1-6H3,(H2,76,102)(H,86,100)(H,87,103)(H,88,99)(H,89,101)(H,90,108)(H,91,104)(H,92,106)(H,93,109)(H,94,107)(H,95,105)(H4,77,78,83)(H4,79,80,84)(H4,81,82,85)/t43-,51-,52-,53-,54-,55-,56-,57-,58-,62-/m0/s1. The van der Waals surface area contributed by atoms with E-state index in [1.807, 2.05) is 13.8 Å². The van der Waals surface area contributed by atoms with Gasteiger partial charge in [-0.2, -0.15) is 0 Å². The number of aryl methyl sites for hydroxylation is 2. The Kier molecular flexibility index (Phi) is 39.3. The molecule has 28 N–H and O–H groups in total. The smallest absolute Gasteiger partial charge is 0.245 e. The number of nitrogens with two attached hydrogens (primary N) is 8. The first-order valence-electron chi connectivity index (χ1n) is 37.2. The number of hydrogen-bond donors (Lipinski definition) is 20. The summed E-state index contributed by atoms with van der Waals surface area (Å²) in [6.07, 6.45) is 2.46. The summed E-state index contributed by atoms with van der Waals surface area (Å²) in [5.74, 6) is -10.7. The van der Waals surface area contributed by atoms with Crippen molar-refractivity contribution in [3.05, 3.63) is 94.5 Å². The fourth-order valence-electron chi connectivity index (χ4n) is 12.4. The van der Waals surface area contributed by atoms with Crippen molar-refractivity contribution in [1.29, 1.82) is 0 Å². The molecule has 3 aromatic carbocycles. The lowest BCUT2D eigenvalue weighted by Crippen LogP contribution is -2.61. The van der Waals surface area contributed by atoms with Gasteiger partial charge < -0.3 is 114 Å². The third kappa shape index (κ3) is 33.0. The first-order valence-corrected chi connectivity index (χ1v) is 37.2. The van der Waals surface area contributed by atoms with Crippen molar-refractivity contribution in [2.45, 2.75) is 205 Å². The molecule has 0 bridgehead atoms. The Balaban J connectivity index is 1.57. The van der Waals surface area contributed by atoms with Gasteiger partial charge in [0.1, 0.15) is 65.9 Å². The number of nitrogens with zero attached hydrogens (tertiary/aromatic N) is 4. The number of nitrogens with one attached hydrogen (secondary N) is 10. The quantitative estimate of drug-likeness (QED) is 0.0153. The summed E-state index contributed by atoms with van der Waals surface area (Å²) in [5.41, 5.74) is 48.6. The molecule has 36 nitrogen and oxygen atoms in total. The summed E-state index contributed by atoms with van der Waals surface area (Å²) in [5, 5.41) is 46.7. The van der Waals surface area contributed by atoms with Gasteiger partial charge in [-0.25, -0.2) is 0 Å². The number of carbonyl (C=O) groups is 12. The third-order valence-electron chi connectivity index (χ3n) is 18.4. The highest BCUT2D eigenvalue weighted by atomic mass is 16.3. The van der Waals surface area contributed by atoms with Gasteiger partial charge in [0.15, 0.2) is 17.9 Å². The van der Waals surface area contributed by atoms with Crippen LogP contribution in [0.3, 0.4) is 0 Å². The summed E-state index contributed by atoms with van der Waals surface area (Å²) in [6, 6.07) is 6.15. The Morgan fingerprint density at radius 1 is 0.509 bits per heavy atom. The zero-order valence-corrected chi connectivity index (χ0v) is 63.9. The van der Waals surface area contributed by atoms with Gasteiger partial charge in [0, 0.05) is 45.4 Å². The third-order valence-corrected chi connectivity index (χ3v) is 18.4. The molecule has 1 saturated heterocycles. The van der Waals surface area contributed by atoms with Crippen LogP contribution in [0.25, 0.3) is 0 Å². The minimum atomic E-state index is -1.46. The maximum absolute atomic E-state index is 14.9. The Labute approximate surface area is 641 Å². The van der Waals surface area contributed by atoms with E-state index in [1.54, 1.807) is 82.3 Å². The van der Waals surface area contributed by atoms with Gasteiger partial charge >= 0.3 is 0 Å². The number of hydrogen-bond acceptors (Lipinski definition) is 18. The number of aliphatic imine (C=N–C) groups is 3. The lowest BCUT2D eigenvalue weighted by Gasteiger charge is -2.32. The van der Waals surface area contributed by atoms with Crippen molar-refractivity contribution in [3.8, 4) is 11.5 Å². The largest absolute Gasteiger partial charge is 0.508 e. The highest BCUT2D eigenvalue weighted by Gasteiger charge is 2.41. The predicted octanol–water partition coefficient (Wildman–Crippen LogP) is -2.90. The highest BCUT2D eigenvalue weighted by Crippen LogP contribution is 2.24. The van der Waals surface area contributed by atoms with Crippen molar-refractivity contribution in [2.24, 2.45) is 72.7 Å². The average Bonchev–Trinajstić information content (AvgIpc) is 1.45. The molecule has 0 saturated carbocycles. The van der Waals surface area contributed by atoms with Crippen LogP contribution < -0.4 is 99.0 Å². The number of primary amides is 1. The fourth-order valence-corrected chi connectivity index (χ4v) is 12.4. The van der Waals surface area contributed by atoms with E-state index < -0.39 is 144 Å². The monoisotopic (exact) mass is 1540 g/mol.